The van der Waals surface area contributed by atoms with Crippen LogP contribution in [0.2, 0.25) is 0 Å². The molecule has 0 atom stereocenters. The maximum atomic E-state index is 10.2. The van der Waals surface area contributed by atoms with Crippen molar-refractivity contribution in [2.45, 2.75) is 38.0 Å². The molecule has 2 aliphatic heterocycles. The monoisotopic (exact) mass is 386 g/mol. The van der Waals surface area contributed by atoms with Crippen LogP contribution in [0.25, 0.3) is 10.9 Å². The third-order valence-electron chi connectivity index (χ3n) is 5.85. The van der Waals surface area contributed by atoms with Crippen molar-refractivity contribution in [1.29, 1.82) is 0 Å². The van der Waals surface area contributed by atoms with Crippen molar-refractivity contribution < 1.29 is 19.3 Å². The average Bonchev–Trinajstić information content (AvgIpc) is 3.24. The molecule has 0 unspecified atom stereocenters. The fraction of sp³-hybridized carbons (Fsp3) is 0.591. The molecular weight excluding hydrogens is 356 g/mol. The summed E-state index contributed by atoms with van der Waals surface area (Å²) in [6.07, 6.45) is 5.52. The molecule has 2 fully saturated rings. The highest BCUT2D eigenvalue weighted by molar-refractivity contribution is 5.87. The Labute approximate surface area is 166 Å². The zero-order valence-electron chi connectivity index (χ0n) is 16.7. The van der Waals surface area contributed by atoms with Gasteiger partial charge in [0, 0.05) is 37.3 Å². The SMILES string of the molecule is COc1cc2c(C3CCOCC3)cc(O)nc2cc1OCCCN1CCCC1. The molecule has 0 bridgehead atoms. The van der Waals surface area contributed by atoms with Crippen LogP contribution < -0.4 is 9.47 Å². The predicted molar refractivity (Wildman–Crippen MR) is 109 cm³/mol. The fourth-order valence-corrected chi connectivity index (χ4v) is 4.34. The predicted octanol–water partition coefficient (Wildman–Crippen LogP) is 3.71. The highest BCUT2D eigenvalue weighted by Gasteiger charge is 2.21. The third kappa shape index (κ3) is 4.33. The molecule has 0 aliphatic carbocycles. The van der Waals surface area contributed by atoms with E-state index in [1.165, 1.54) is 25.9 Å². The number of aromatic hydroxyl groups is 1. The van der Waals surface area contributed by atoms with Gasteiger partial charge in [0.1, 0.15) is 0 Å². The maximum Gasteiger partial charge on any atom is 0.211 e. The van der Waals surface area contributed by atoms with Gasteiger partial charge < -0.3 is 24.2 Å². The Hall–Kier alpha value is -2.05. The van der Waals surface area contributed by atoms with Crippen LogP contribution in [0.5, 0.6) is 17.4 Å². The number of hydrogen-bond donors (Lipinski definition) is 1. The number of rotatable bonds is 7. The molecule has 4 rings (SSSR count). The minimum Gasteiger partial charge on any atom is -0.493 e. The van der Waals surface area contributed by atoms with Gasteiger partial charge in [-0.1, -0.05) is 0 Å². The van der Waals surface area contributed by atoms with Crippen LogP contribution in [0.15, 0.2) is 18.2 Å². The van der Waals surface area contributed by atoms with Gasteiger partial charge in [0.25, 0.3) is 0 Å². The van der Waals surface area contributed by atoms with Gasteiger partial charge in [-0.25, -0.2) is 4.98 Å². The van der Waals surface area contributed by atoms with Gasteiger partial charge in [0.15, 0.2) is 11.5 Å². The molecule has 28 heavy (non-hydrogen) atoms. The van der Waals surface area contributed by atoms with Crippen molar-refractivity contribution in [3.05, 3.63) is 23.8 Å². The summed E-state index contributed by atoms with van der Waals surface area (Å²) in [5, 5.41) is 11.2. The van der Waals surface area contributed by atoms with Gasteiger partial charge in [0.2, 0.25) is 5.88 Å². The van der Waals surface area contributed by atoms with E-state index in [9.17, 15) is 5.11 Å². The summed E-state index contributed by atoms with van der Waals surface area (Å²) < 4.78 is 17.1. The summed E-state index contributed by atoms with van der Waals surface area (Å²) in [7, 11) is 1.67. The third-order valence-corrected chi connectivity index (χ3v) is 5.85. The molecule has 0 spiro atoms. The van der Waals surface area contributed by atoms with Crippen LogP contribution in [-0.4, -0.2) is 61.6 Å². The second-order valence-corrected chi connectivity index (χ2v) is 7.73. The summed E-state index contributed by atoms with van der Waals surface area (Å²) in [4.78, 5) is 6.83. The molecule has 2 aliphatic rings. The fourth-order valence-electron chi connectivity index (χ4n) is 4.34. The Balaban J connectivity index is 1.53. The molecule has 0 saturated carbocycles. The first-order valence-electron chi connectivity index (χ1n) is 10.4. The van der Waals surface area contributed by atoms with E-state index in [0.717, 1.165) is 61.2 Å². The molecule has 2 aromatic rings. The van der Waals surface area contributed by atoms with Crippen molar-refractivity contribution in [2.75, 3.05) is 46.6 Å². The normalized spacial score (nSPS) is 18.6. The van der Waals surface area contributed by atoms with Crippen LogP contribution in [0.4, 0.5) is 0 Å². The number of nitrogens with zero attached hydrogens (tertiary/aromatic N) is 2. The van der Waals surface area contributed by atoms with E-state index in [4.69, 9.17) is 14.2 Å². The lowest BCUT2D eigenvalue weighted by molar-refractivity contribution is 0.0855. The molecule has 1 aromatic carbocycles. The number of pyridine rings is 1. The molecule has 0 radical (unpaired) electrons. The van der Waals surface area contributed by atoms with E-state index >= 15 is 0 Å². The summed E-state index contributed by atoms with van der Waals surface area (Å²) in [6, 6.07) is 5.68. The Morgan fingerprint density at radius 3 is 2.68 bits per heavy atom. The first-order chi connectivity index (χ1) is 13.7. The van der Waals surface area contributed by atoms with Gasteiger partial charge in [-0.05, 0) is 62.7 Å². The van der Waals surface area contributed by atoms with Gasteiger partial charge in [0.05, 0.1) is 19.2 Å². The molecule has 3 heterocycles. The molecule has 1 aromatic heterocycles. The number of methoxy groups -OCH3 is 1. The van der Waals surface area contributed by atoms with E-state index < -0.39 is 0 Å². The summed E-state index contributed by atoms with van der Waals surface area (Å²) in [5.41, 5.74) is 1.86. The average molecular weight is 386 g/mol. The molecule has 152 valence electrons. The second-order valence-electron chi connectivity index (χ2n) is 7.73. The minimum atomic E-state index is 0.0548. The van der Waals surface area contributed by atoms with Crippen LogP contribution in [0, 0.1) is 0 Å². The Morgan fingerprint density at radius 1 is 1.14 bits per heavy atom. The smallest absolute Gasteiger partial charge is 0.211 e. The van der Waals surface area contributed by atoms with E-state index in [2.05, 4.69) is 9.88 Å². The number of ether oxygens (including phenoxy) is 3. The van der Waals surface area contributed by atoms with Crippen molar-refractivity contribution >= 4 is 10.9 Å². The highest BCUT2D eigenvalue weighted by Crippen LogP contribution is 2.39. The lowest BCUT2D eigenvalue weighted by Crippen LogP contribution is -2.21. The van der Waals surface area contributed by atoms with Crippen molar-refractivity contribution in [2.24, 2.45) is 0 Å². The number of fused-ring (bicyclic) bond motifs is 1. The lowest BCUT2D eigenvalue weighted by atomic mass is 9.89. The summed E-state index contributed by atoms with van der Waals surface area (Å²) in [6.45, 7) is 5.64. The van der Waals surface area contributed by atoms with Gasteiger partial charge in [-0.15, -0.1) is 0 Å². The molecule has 1 N–H and O–H groups in total. The maximum absolute atomic E-state index is 10.2. The standard InChI is InChI=1S/C22H30N2O4/c1-26-20-13-18-17(16-5-11-27-12-6-16)14-22(25)23-19(18)15-21(20)28-10-4-9-24-7-2-3-8-24/h13-16H,2-12H2,1H3,(H,23,25). The van der Waals surface area contributed by atoms with Gasteiger partial charge in [-0.2, -0.15) is 0 Å². The van der Waals surface area contributed by atoms with Crippen LogP contribution in [-0.2, 0) is 4.74 Å². The highest BCUT2D eigenvalue weighted by atomic mass is 16.5. The first-order valence-corrected chi connectivity index (χ1v) is 10.4. The van der Waals surface area contributed by atoms with E-state index in [1.807, 2.05) is 12.1 Å². The van der Waals surface area contributed by atoms with Crippen molar-refractivity contribution in [3.63, 3.8) is 0 Å². The van der Waals surface area contributed by atoms with Gasteiger partial charge >= 0.3 is 0 Å². The summed E-state index contributed by atoms with van der Waals surface area (Å²) >= 11 is 0. The van der Waals surface area contributed by atoms with Crippen molar-refractivity contribution in [1.82, 2.24) is 9.88 Å². The molecule has 2 saturated heterocycles. The van der Waals surface area contributed by atoms with Gasteiger partial charge in [-0.3, -0.25) is 0 Å². The van der Waals surface area contributed by atoms with E-state index in [1.54, 1.807) is 13.2 Å². The van der Waals surface area contributed by atoms with E-state index in [-0.39, 0.29) is 5.88 Å². The van der Waals surface area contributed by atoms with Crippen molar-refractivity contribution in [3.8, 4) is 17.4 Å². The van der Waals surface area contributed by atoms with E-state index in [0.29, 0.717) is 18.3 Å². The van der Waals surface area contributed by atoms with Crippen LogP contribution in [0.1, 0.15) is 43.6 Å². The summed E-state index contributed by atoms with van der Waals surface area (Å²) in [5.74, 6) is 1.82. The number of likely N-dealkylation sites (tertiary alicyclic amines) is 1. The number of aromatic nitrogens is 1. The number of benzene rings is 1. The topological polar surface area (TPSA) is 64.0 Å². The quantitative estimate of drug-likeness (QED) is 0.732. The first kappa shape index (κ1) is 19.3. The molecular formula is C22H30N2O4. The Kier molecular flexibility index (Phi) is 6.17. The molecule has 6 nitrogen and oxygen atoms in total. The Bertz CT molecular complexity index is 799. The molecule has 6 heteroatoms. The largest absolute Gasteiger partial charge is 0.493 e. The second kappa shape index (κ2) is 8.97. The zero-order valence-corrected chi connectivity index (χ0v) is 16.7. The zero-order chi connectivity index (χ0) is 19.3. The molecule has 0 amide bonds. The Morgan fingerprint density at radius 2 is 1.93 bits per heavy atom. The lowest BCUT2D eigenvalue weighted by Gasteiger charge is -2.24. The number of hydrogen-bond acceptors (Lipinski definition) is 6. The minimum absolute atomic E-state index is 0.0548. The van der Waals surface area contributed by atoms with Crippen LogP contribution >= 0.6 is 0 Å². The van der Waals surface area contributed by atoms with Crippen LogP contribution in [0.3, 0.4) is 0 Å².